The number of carbonyl (C=O) groups is 1. The van der Waals surface area contributed by atoms with E-state index in [4.69, 9.17) is 0 Å². The number of aliphatic hydroxyl groups excluding tert-OH is 1. The lowest BCUT2D eigenvalue weighted by molar-refractivity contribution is -0.128. The predicted octanol–water partition coefficient (Wildman–Crippen LogP) is 3.32. The molecular weight excluding hydrogens is 452 g/mol. The summed E-state index contributed by atoms with van der Waals surface area (Å²) < 4.78 is 1.81. The molecule has 2 aromatic heterocycles. The first kappa shape index (κ1) is 24.2. The summed E-state index contributed by atoms with van der Waals surface area (Å²) in [5, 5.41) is 13.7. The maximum atomic E-state index is 13.8. The van der Waals surface area contributed by atoms with Gasteiger partial charge in [0.15, 0.2) is 0 Å². The highest BCUT2D eigenvalue weighted by Gasteiger charge is 2.55. The zero-order chi connectivity index (χ0) is 25.2. The van der Waals surface area contributed by atoms with Crippen molar-refractivity contribution in [3.63, 3.8) is 0 Å². The monoisotopic (exact) mass is 484 g/mol. The van der Waals surface area contributed by atoms with Gasteiger partial charge in [-0.2, -0.15) is 0 Å². The van der Waals surface area contributed by atoms with E-state index in [1.165, 1.54) is 0 Å². The van der Waals surface area contributed by atoms with E-state index in [1.54, 1.807) is 12.4 Å². The summed E-state index contributed by atoms with van der Waals surface area (Å²) in [5.74, 6) is -0.894. The maximum Gasteiger partial charge on any atom is 0.258 e. The van der Waals surface area contributed by atoms with E-state index in [0.717, 1.165) is 16.8 Å². The number of pyridine rings is 2. The van der Waals surface area contributed by atoms with Crippen molar-refractivity contribution in [3.05, 3.63) is 106 Å². The molecule has 5 rings (SSSR count). The number of nitrogens with zero attached hydrogens (tertiary/aromatic N) is 3. The van der Waals surface area contributed by atoms with E-state index < -0.39 is 5.92 Å². The molecule has 2 aliphatic rings. The standard InChI is InChI=1S/C29H32N4O3/c1-3-7-22-10-11-24-27-26(28(35)31-19(2)21-8-5-4-6-9-21)23(18-34)25(17-33(24)29(22)36)32(27)16-20-12-14-30-15-13-20/h3-15,19,23,25-27,34H,16-18H2,1-2H3,(H,31,35)/b7-3+/t19-,23+,25+,26-,27-/m0/s1. The summed E-state index contributed by atoms with van der Waals surface area (Å²) in [5.41, 5.74) is 3.49. The third-order valence-corrected chi connectivity index (χ3v) is 7.62. The molecule has 4 heterocycles. The molecule has 1 saturated heterocycles. The van der Waals surface area contributed by atoms with Gasteiger partial charge in [0.1, 0.15) is 0 Å². The largest absolute Gasteiger partial charge is 0.396 e. The summed E-state index contributed by atoms with van der Waals surface area (Å²) >= 11 is 0. The van der Waals surface area contributed by atoms with Crippen LogP contribution in [-0.4, -0.2) is 38.1 Å². The zero-order valence-corrected chi connectivity index (χ0v) is 20.6. The predicted molar refractivity (Wildman–Crippen MR) is 139 cm³/mol. The Hall–Kier alpha value is -3.55. The van der Waals surface area contributed by atoms with Crippen molar-refractivity contribution >= 4 is 12.0 Å². The SMILES string of the molecule is C/C=C/c1ccc2n(c1=O)C[C@@H]1[C@@H](CO)[C@H](C(=O)N[C@@H](C)c3ccccc3)[C@H]2N1Cc1ccncc1. The number of rotatable bonds is 7. The van der Waals surface area contributed by atoms with Gasteiger partial charge in [-0.1, -0.05) is 42.5 Å². The second-order valence-electron chi connectivity index (χ2n) is 9.68. The van der Waals surface area contributed by atoms with E-state index >= 15 is 0 Å². The molecule has 0 radical (unpaired) electrons. The molecule has 1 aromatic carbocycles. The van der Waals surface area contributed by atoms with Crippen LogP contribution in [0, 0.1) is 11.8 Å². The first-order valence-electron chi connectivity index (χ1n) is 12.5. The third kappa shape index (κ3) is 4.29. The van der Waals surface area contributed by atoms with Gasteiger partial charge in [0.25, 0.3) is 5.56 Å². The molecule has 0 saturated carbocycles. The number of nitrogens with one attached hydrogen (secondary N) is 1. The third-order valence-electron chi connectivity index (χ3n) is 7.62. The van der Waals surface area contributed by atoms with Crippen LogP contribution < -0.4 is 10.9 Å². The normalized spacial score (nSPS) is 24.0. The Morgan fingerprint density at radius 1 is 1.17 bits per heavy atom. The topological polar surface area (TPSA) is 87.5 Å². The Bertz CT molecular complexity index is 1310. The van der Waals surface area contributed by atoms with E-state index in [9.17, 15) is 14.7 Å². The lowest BCUT2D eigenvalue weighted by Gasteiger charge is -2.38. The molecule has 2 N–H and O–H groups in total. The molecule has 7 nitrogen and oxygen atoms in total. The fraction of sp³-hybridized carbons (Fsp3) is 0.345. The van der Waals surface area contributed by atoms with E-state index in [2.05, 4.69) is 15.2 Å². The van der Waals surface area contributed by atoms with Gasteiger partial charge in [-0.3, -0.25) is 19.5 Å². The second kappa shape index (κ2) is 10.2. The Morgan fingerprint density at radius 2 is 1.92 bits per heavy atom. The molecule has 7 heteroatoms. The average Bonchev–Trinajstić information content (AvgIpc) is 3.10. The van der Waals surface area contributed by atoms with Gasteiger partial charge in [0.05, 0.1) is 18.0 Å². The number of allylic oxidation sites excluding steroid dienone is 1. The number of aromatic nitrogens is 2. The minimum atomic E-state index is -0.492. The Kier molecular flexibility index (Phi) is 6.85. The van der Waals surface area contributed by atoms with Gasteiger partial charge in [-0.15, -0.1) is 0 Å². The summed E-state index contributed by atoms with van der Waals surface area (Å²) in [6.07, 6.45) is 7.20. The lowest BCUT2D eigenvalue weighted by Crippen LogP contribution is -2.46. The molecule has 0 aliphatic carbocycles. The number of amides is 1. The van der Waals surface area contributed by atoms with Crippen LogP contribution in [0.3, 0.4) is 0 Å². The number of carbonyl (C=O) groups excluding carboxylic acids is 1. The molecule has 2 aliphatic heterocycles. The smallest absolute Gasteiger partial charge is 0.258 e. The molecule has 36 heavy (non-hydrogen) atoms. The van der Waals surface area contributed by atoms with Gasteiger partial charge in [0.2, 0.25) is 5.91 Å². The van der Waals surface area contributed by atoms with Crippen molar-refractivity contribution in [2.45, 2.75) is 45.1 Å². The highest BCUT2D eigenvalue weighted by Crippen LogP contribution is 2.49. The fourth-order valence-electron chi connectivity index (χ4n) is 5.90. The maximum absolute atomic E-state index is 13.8. The Morgan fingerprint density at radius 3 is 2.61 bits per heavy atom. The van der Waals surface area contributed by atoms with Crippen LogP contribution in [0.4, 0.5) is 0 Å². The summed E-state index contributed by atoms with van der Waals surface area (Å²) in [4.78, 5) is 33.6. The summed E-state index contributed by atoms with van der Waals surface area (Å²) in [6.45, 7) is 4.77. The van der Waals surface area contributed by atoms with Crippen molar-refractivity contribution < 1.29 is 9.90 Å². The van der Waals surface area contributed by atoms with Crippen LogP contribution in [-0.2, 0) is 17.9 Å². The van der Waals surface area contributed by atoms with E-state index in [1.807, 2.05) is 85.2 Å². The first-order valence-corrected chi connectivity index (χ1v) is 12.5. The molecule has 0 spiro atoms. The molecule has 5 atom stereocenters. The minimum Gasteiger partial charge on any atom is -0.396 e. The van der Waals surface area contributed by atoms with E-state index in [-0.39, 0.29) is 42.1 Å². The lowest BCUT2D eigenvalue weighted by atomic mass is 9.86. The van der Waals surface area contributed by atoms with Crippen LogP contribution in [0.2, 0.25) is 0 Å². The zero-order valence-electron chi connectivity index (χ0n) is 20.6. The number of benzene rings is 1. The average molecular weight is 485 g/mol. The van der Waals surface area contributed by atoms with E-state index in [0.29, 0.717) is 18.7 Å². The molecule has 186 valence electrons. The van der Waals surface area contributed by atoms with Gasteiger partial charge in [-0.25, -0.2) is 0 Å². The van der Waals surface area contributed by atoms with Crippen LogP contribution in [0.1, 0.15) is 48.3 Å². The molecular formula is C29H32N4O3. The van der Waals surface area contributed by atoms with Crippen molar-refractivity contribution in [3.8, 4) is 0 Å². The second-order valence-corrected chi connectivity index (χ2v) is 9.68. The van der Waals surface area contributed by atoms with Crippen LogP contribution in [0.15, 0.2) is 77.9 Å². The van der Waals surface area contributed by atoms with Gasteiger partial charge >= 0.3 is 0 Å². The van der Waals surface area contributed by atoms with Crippen LogP contribution >= 0.6 is 0 Å². The number of fused-ring (bicyclic) bond motifs is 4. The highest BCUT2D eigenvalue weighted by atomic mass is 16.3. The summed E-state index contributed by atoms with van der Waals surface area (Å²) in [6, 6.07) is 16.9. The Balaban J connectivity index is 1.55. The minimum absolute atomic E-state index is 0.0560. The van der Waals surface area contributed by atoms with Crippen LogP contribution in [0.25, 0.3) is 6.08 Å². The fourth-order valence-corrected chi connectivity index (χ4v) is 5.90. The summed E-state index contributed by atoms with van der Waals surface area (Å²) in [7, 11) is 0. The molecule has 3 aromatic rings. The number of hydrogen-bond donors (Lipinski definition) is 2. The molecule has 2 bridgehead atoms. The van der Waals surface area contributed by atoms with Gasteiger partial charge in [0, 0.05) is 55.3 Å². The van der Waals surface area contributed by atoms with Crippen molar-refractivity contribution in [1.29, 1.82) is 0 Å². The van der Waals surface area contributed by atoms with Gasteiger partial charge in [-0.05, 0) is 49.2 Å². The van der Waals surface area contributed by atoms with Crippen molar-refractivity contribution in [2.75, 3.05) is 6.61 Å². The molecule has 1 amide bonds. The Labute approximate surface area is 211 Å². The van der Waals surface area contributed by atoms with Crippen molar-refractivity contribution in [2.24, 2.45) is 11.8 Å². The first-order chi connectivity index (χ1) is 17.5. The number of aliphatic hydroxyl groups is 1. The van der Waals surface area contributed by atoms with Gasteiger partial charge < -0.3 is 15.0 Å². The quantitative estimate of drug-likeness (QED) is 0.537. The van der Waals surface area contributed by atoms with Crippen molar-refractivity contribution in [1.82, 2.24) is 19.8 Å². The highest BCUT2D eigenvalue weighted by molar-refractivity contribution is 5.81. The molecule has 0 unspecified atom stereocenters. The van der Waals surface area contributed by atoms with Crippen LogP contribution in [0.5, 0.6) is 0 Å². The molecule has 1 fully saturated rings. The number of hydrogen-bond acceptors (Lipinski definition) is 5.